The predicted molar refractivity (Wildman–Crippen MR) is 71.3 cm³/mol. The van der Waals surface area contributed by atoms with E-state index in [9.17, 15) is 9.18 Å². The number of piperazine rings is 1. The average molecular weight is 262 g/mol. The second kappa shape index (κ2) is 5.29. The van der Waals surface area contributed by atoms with Gasteiger partial charge in [-0.05, 0) is 24.5 Å². The van der Waals surface area contributed by atoms with Crippen molar-refractivity contribution in [2.24, 2.45) is 0 Å². The Kier molecular flexibility index (Phi) is 3.51. The number of amides is 1. The molecule has 1 aromatic rings. The number of hydrogen-bond acceptors (Lipinski definition) is 2. The maximum atomic E-state index is 13.5. The van der Waals surface area contributed by atoms with Gasteiger partial charge in [0.05, 0.1) is 6.42 Å². The Hall–Kier alpha value is -1.42. The molecule has 102 valence electrons. The van der Waals surface area contributed by atoms with Crippen molar-refractivity contribution in [2.75, 3.05) is 26.2 Å². The third-order valence-electron chi connectivity index (χ3n) is 4.03. The molecule has 0 N–H and O–H groups in total. The number of halogens is 1. The van der Waals surface area contributed by atoms with Crippen LogP contribution in [0.5, 0.6) is 0 Å². The normalized spacial score (nSPS) is 20.6. The molecular formula is C15H19FN2O. The highest BCUT2D eigenvalue weighted by Crippen LogP contribution is 2.27. The minimum atomic E-state index is -0.285. The lowest BCUT2D eigenvalue weighted by Crippen LogP contribution is -2.49. The van der Waals surface area contributed by atoms with Crippen LogP contribution in [0.2, 0.25) is 0 Å². The summed E-state index contributed by atoms with van der Waals surface area (Å²) in [6.45, 7) is 3.49. The fourth-order valence-corrected chi connectivity index (χ4v) is 2.69. The van der Waals surface area contributed by atoms with Gasteiger partial charge in [-0.2, -0.15) is 0 Å². The standard InChI is InChI=1S/C15H19FN2O/c16-14-4-2-1-3-12(14)11-15(19)18-9-7-17(8-10-18)13-5-6-13/h1-4,13H,5-11H2. The molecule has 3 nitrogen and oxygen atoms in total. The Morgan fingerprint density at radius 2 is 1.84 bits per heavy atom. The molecular weight excluding hydrogens is 243 g/mol. The number of nitrogens with zero attached hydrogens (tertiary/aromatic N) is 2. The largest absolute Gasteiger partial charge is 0.340 e. The van der Waals surface area contributed by atoms with Crippen molar-refractivity contribution < 1.29 is 9.18 Å². The Morgan fingerprint density at radius 3 is 2.47 bits per heavy atom. The van der Waals surface area contributed by atoms with Crippen LogP contribution in [-0.2, 0) is 11.2 Å². The minimum absolute atomic E-state index is 0.0422. The van der Waals surface area contributed by atoms with Crippen molar-refractivity contribution in [3.05, 3.63) is 35.6 Å². The SMILES string of the molecule is O=C(Cc1ccccc1F)N1CCN(C2CC2)CC1. The van der Waals surface area contributed by atoms with Gasteiger partial charge in [0.15, 0.2) is 0 Å². The molecule has 1 aliphatic carbocycles. The van der Waals surface area contributed by atoms with Crippen molar-refractivity contribution in [3.63, 3.8) is 0 Å². The van der Waals surface area contributed by atoms with Gasteiger partial charge >= 0.3 is 0 Å². The van der Waals surface area contributed by atoms with Gasteiger partial charge in [0.25, 0.3) is 0 Å². The molecule has 0 atom stereocenters. The highest BCUT2D eigenvalue weighted by atomic mass is 19.1. The van der Waals surface area contributed by atoms with Crippen LogP contribution in [0.3, 0.4) is 0 Å². The molecule has 1 heterocycles. The zero-order valence-electron chi connectivity index (χ0n) is 11.0. The number of carbonyl (C=O) groups is 1. The smallest absolute Gasteiger partial charge is 0.227 e. The lowest BCUT2D eigenvalue weighted by Gasteiger charge is -2.34. The number of carbonyl (C=O) groups excluding carboxylic acids is 1. The first-order valence-electron chi connectivity index (χ1n) is 6.99. The summed E-state index contributed by atoms with van der Waals surface area (Å²) in [6.07, 6.45) is 2.79. The molecule has 3 rings (SSSR count). The predicted octanol–water partition coefficient (Wildman–Crippen LogP) is 1.67. The van der Waals surface area contributed by atoms with Crippen LogP contribution in [-0.4, -0.2) is 47.9 Å². The zero-order valence-corrected chi connectivity index (χ0v) is 11.0. The van der Waals surface area contributed by atoms with E-state index in [1.54, 1.807) is 18.2 Å². The third kappa shape index (κ3) is 2.95. The van der Waals surface area contributed by atoms with Crippen LogP contribution in [0.4, 0.5) is 4.39 Å². The van der Waals surface area contributed by atoms with Crippen molar-refractivity contribution in [3.8, 4) is 0 Å². The first-order valence-corrected chi connectivity index (χ1v) is 6.99. The average Bonchev–Trinajstić information content (AvgIpc) is 3.26. The lowest BCUT2D eigenvalue weighted by atomic mass is 10.1. The summed E-state index contributed by atoms with van der Waals surface area (Å²) in [5, 5.41) is 0. The molecule has 19 heavy (non-hydrogen) atoms. The molecule has 1 aromatic carbocycles. The molecule has 0 bridgehead atoms. The molecule has 2 fully saturated rings. The zero-order chi connectivity index (χ0) is 13.2. The van der Waals surface area contributed by atoms with Crippen LogP contribution in [0.15, 0.2) is 24.3 Å². The van der Waals surface area contributed by atoms with Gasteiger partial charge in [-0.15, -0.1) is 0 Å². The maximum Gasteiger partial charge on any atom is 0.227 e. The summed E-state index contributed by atoms with van der Waals surface area (Å²) in [5.41, 5.74) is 0.497. The second-order valence-corrected chi connectivity index (χ2v) is 5.42. The topological polar surface area (TPSA) is 23.6 Å². The molecule has 1 aliphatic heterocycles. The Bertz CT molecular complexity index is 465. The molecule has 0 aromatic heterocycles. The molecule has 4 heteroatoms. The summed E-state index contributed by atoms with van der Waals surface area (Å²) < 4.78 is 13.5. The monoisotopic (exact) mass is 262 g/mol. The summed E-state index contributed by atoms with van der Waals surface area (Å²) in [5.74, 6) is -0.243. The third-order valence-corrected chi connectivity index (χ3v) is 4.03. The van der Waals surface area contributed by atoms with Gasteiger partial charge in [-0.1, -0.05) is 18.2 Å². The van der Waals surface area contributed by atoms with E-state index in [1.165, 1.54) is 18.9 Å². The van der Waals surface area contributed by atoms with E-state index in [4.69, 9.17) is 0 Å². The van der Waals surface area contributed by atoms with E-state index >= 15 is 0 Å². The van der Waals surface area contributed by atoms with Gasteiger partial charge in [0.2, 0.25) is 5.91 Å². The van der Waals surface area contributed by atoms with Crippen LogP contribution >= 0.6 is 0 Å². The molecule has 0 spiro atoms. The van der Waals surface area contributed by atoms with Crippen molar-refractivity contribution in [1.29, 1.82) is 0 Å². The van der Waals surface area contributed by atoms with Gasteiger partial charge in [0, 0.05) is 32.2 Å². The van der Waals surface area contributed by atoms with Gasteiger partial charge in [-0.25, -0.2) is 4.39 Å². The molecule has 1 amide bonds. The van der Waals surface area contributed by atoms with Crippen LogP contribution in [0, 0.1) is 5.82 Å². The van der Waals surface area contributed by atoms with Crippen LogP contribution in [0.1, 0.15) is 18.4 Å². The van der Waals surface area contributed by atoms with Crippen molar-refractivity contribution >= 4 is 5.91 Å². The summed E-state index contributed by atoms with van der Waals surface area (Å²) in [6, 6.07) is 7.29. The van der Waals surface area contributed by atoms with E-state index in [2.05, 4.69) is 4.90 Å². The lowest BCUT2D eigenvalue weighted by molar-refractivity contribution is -0.132. The maximum absolute atomic E-state index is 13.5. The quantitative estimate of drug-likeness (QED) is 0.827. The van der Waals surface area contributed by atoms with E-state index in [0.717, 1.165) is 32.2 Å². The van der Waals surface area contributed by atoms with Crippen molar-refractivity contribution in [2.45, 2.75) is 25.3 Å². The highest BCUT2D eigenvalue weighted by molar-refractivity contribution is 5.79. The first-order chi connectivity index (χ1) is 9.24. The van der Waals surface area contributed by atoms with Crippen LogP contribution in [0.25, 0.3) is 0 Å². The second-order valence-electron chi connectivity index (χ2n) is 5.42. The Labute approximate surface area is 113 Å². The first kappa shape index (κ1) is 12.6. The van der Waals surface area contributed by atoms with E-state index in [1.807, 2.05) is 4.90 Å². The summed E-state index contributed by atoms with van der Waals surface area (Å²) in [7, 11) is 0. The molecule has 1 saturated heterocycles. The van der Waals surface area contributed by atoms with Crippen LogP contribution < -0.4 is 0 Å². The van der Waals surface area contributed by atoms with Gasteiger partial charge in [0.1, 0.15) is 5.82 Å². The summed E-state index contributed by atoms with van der Waals surface area (Å²) >= 11 is 0. The fraction of sp³-hybridized carbons (Fsp3) is 0.533. The number of benzene rings is 1. The molecule has 1 saturated carbocycles. The van der Waals surface area contributed by atoms with E-state index in [0.29, 0.717) is 5.56 Å². The number of rotatable bonds is 3. The molecule has 2 aliphatic rings. The van der Waals surface area contributed by atoms with Crippen molar-refractivity contribution in [1.82, 2.24) is 9.80 Å². The van der Waals surface area contributed by atoms with Gasteiger partial charge in [-0.3, -0.25) is 9.69 Å². The molecule has 0 unspecified atom stereocenters. The fourth-order valence-electron chi connectivity index (χ4n) is 2.69. The van der Waals surface area contributed by atoms with E-state index in [-0.39, 0.29) is 18.1 Å². The molecule has 0 radical (unpaired) electrons. The Morgan fingerprint density at radius 1 is 1.16 bits per heavy atom. The minimum Gasteiger partial charge on any atom is -0.340 e. The Balaban J connectivity index is 1.55. The summed E-state index contributed by atoms with van der Waals surface area (Å²) in [4.78, 5) is 16.5. The number of hydrogen-bond donors (Lipinski definition) is 0. The van der Waals surface area contributed by atoms with E-state index < -0.39 is 0 Å². The highest BCUT2D eigenvalue weighted by Gasteiger charge is 2.32. The van der Waals surface area contributed by atoms with Gasteiger partial charge < -0.3 is 4.90 Å².